The summed E-state index contributed by atoms with van der Waals surface area (Å²) in [6.07, 6.45) is 5.86. The molecule has 5 heteroatoms. The normalized spacial score (nSPS) is 13.0. The Morgan fingerprint density at radius 1 is 1.23 bits per heavy atom. The van der Waals surface area contributed by atoms with Gasteiger partial charge in [0.2, 0.25) is 5.91 Å². The minimum atomic E-state index is -0.0240. The Morgan fingerprint density at radius 2 is 2.00 bits per heavy atom. The maximum Gasteiger partial charge on any atom is 0.233 e. The lowest BCUT2D eigenvalue weighted by atomic mass is 10.1. The number of hydrogen-bond donors (Lipinski definition) is 1. The minimum Gasteiger partial charge on any atom is -0.489 e. The number of amides is 1. The maximum absolute atomic E-state index is 12.3. The number of rotatable bonds is 10. The van der Waals surface area contributed by atoms with Crippen LogP contribution in [0.5, 0.6) is 5.75 Å². The summed E-state index contributed by atoms with van der Waals surface area (Å²) in [6.45, 7) is 6.63. The predicted octanol–water partition coefficient (Wildman–Crippen LogP) is 4.76. The first-order valence-corrected chi connectivity index (χ1v) is 10.2. The highest BCUT2D eigenvalue weighted by Crippen LogP contribution is 2.20. The Bertz CT molecular complexity index is 661. The van der Waals surface area contributed by atoms with E-state index in [2.05, 4.69) is 17.2 Å². The van der Waals surface area contributed by atoms with E-state index in [0.717, 1.165) is 35.5 Å². The Morgan fingerprint density at radius 3 is 2.65 bits per heavy atom. The van der Waals surface area contributed by atoms with Gasteiger partial charge in [0.15, 0.2) is 0 Å². The number of nitrogens with one attached hydrogen (secondary N) is 1. The zero-order valence-corrected chi connectivity index (χ0v) is 16.6. The molecule has 2 atom stereocenters. The van der Waals surface area contributed by atoms with Crippen LogP contribution >= 0.6 is 11.8 Å². The fourth-order valence-corrected chi connectivity index (χ4v) is 3.43. The van der Waals surface area contributed by atoms with Crippen LogP contribution < -0.4 is 10.1 Å². The molecule has 0 saturated heterocycles. The summed E-state index contributed by atoms with van der Waals surface area (Å²) in [5.74, 6) is 1.93. The second-order valence-electron chi connectivity index (χ2n) is 6.32. The van der Waals surface area contributed by atoms with Gasteiger partial charge in [-0.1, -0.05) is 31.5 Å². The van der Waals surface area contributed by atoms with Gasteiger partial charge in [-0.2, -0.15) is 0 Å². The predicted molar refractivity (Wildman–Crippen MR) is 108 cm³/mol. The summed E-state index contributed by atoms with van der Waals surface area (Å²) in [4.78, 5) is 16.4. The molecule has 0 fully saturated rings. The van der Waals surface area contributed by atoms with E-state index in [9.17, 15) is 4.79 Å². The Kier molecular flexibility index (Phi) is 8.48. The molecule has 2 aromatic rings. The van der Waals surface area contributed by atoms with E-state index in [1.807, 2.05) is 50.2 Å². The van der Waals surface area contributed by atoms with Crippen molar-refractivity contribution in [1.29, 1.82) is 0 Å². The van der Waals surface area contributed by atoms with Crippen LogP contribution in [0.15, 0.2) is 48.8 Å². The van der Waals surface area contributed by atoms with Crippen molar-refractivity contribution in [3.63, 3.8) is 0 Å². The third-order valence-corrected chi connectivity index (χ3v) is 5.34. The molecule has 140 valence electrons. The largest absolute Gasteiger partial charge is 0.489 e. The molecular weight excluding hydrogens is 344 g/mol. The number of carbonyl (C=O) groups excluding carboxylic acids is 1. The zero-order chi connectivity index (χ0) is 18.8. The Labute approximate surface area is 160 Å². The number of hydrogen-bond acceptors (Lipinski definition) is 4. The molecule has 0 aliphatic carbocycles. The van der Waals surface area contributed by atoms with Crippen molar-refractivity contribution in [2.45, 2.75) is 51.5 Å². The van der Waals surface area contributed by atoms with Crippen LogP contribution in [0, 0.1) is 0 Å². The number of benzene rings is 1. The van der Waals surface area contributed by atoms with E-state index >= 15 is 0 Å². The number of unbranched alkanes of at least 4 members (excludes halogenated alkanes) is 1. The average Bonchev–Trinajstić information content (AvgIpc) is 2.67. The number of nitrogens with zero attached hydrogens (tertiary/aromatic N) is 1. The van der Waals surface area contributed by atoms with E-state index in [4.69, 9.17) is 4.74 Å². The molecule has 1 N–H and O–H groups in total. The molecule has 1 amide bonds. The van der Waals surface area contributed by atoms with Crippen LogP contribution in [0.2, 0.25) is 0 Å². The number of thioether (sulfide) groups is 1. The maximum atomic E-state index is 12.3. The van der Waals surface area contributed by atoms with E-state index < -0.39 is 0 Å². The molecular formula is C21H28N2O2S. The monoisotopic (exact) mass is 372 g/mol. The smallest absolute Gasteiger partial charge is 0.233 e. The SMILES string of the molecule is CCCCSC(C)C(=O)NC(C)c1ccc(OCc2cccnc2)cc1. The van der Waals surface area contributed by atoms with Gasteiger partial charge < -0.3 is 10.1 Å². The fraction of sp³-hybridized carbons (Fsp3) is 0.429. The minimum absolute atomic E-state index is 0.0221. The highest BCUT2D eigenvalue weighted by Gasteiger charge is 2.16. The van der Waals surface area contributed by atoms with Gasteiger partial charge in [-0.15, -0.1) is 11.8 Å². The second-order valence-corrected chi connectivity index (χ2v) is 7.76. The van der Waals surface area contributed by atoms with Crippen LogP contribution in [0.25, 0.3) is 0 Å². The van der Waals surface area contributed by atoms with Crippen molar-refractivity contribution in [3.8, 4) is 5.75 Å². The average molecular weight is 373 g/mol. The molecule has 2 unspecified atom stereocenters. The highest BCUT2D eigenvalue weighted by molar-refractivity contribution is 8.00. The third kappa shape index (κ3) is 6.71. The van der Waals surface area contributed by atoms with Crippen LogP contribution in [0.1, 0.15) is 50.8 Å². The standard InChI is InChI=1S/C21H28N2O2S/c1-4-5-13-26-17(3)21(24)23-16(2)19-8-10-20(11-9-19)25-15-18-7-6-12-22-14-18/h6-12,14,16-17H,4-5,13,15H2,1-3H3,(H,23,24). The first-order valence-electron chi connectivity index (χ1n) is 9.13. The molecule has 0 bridgehead atoms. The summed E-state index contributed by atoms with van der Waals surface area (Å²) in [5.41, 5.74) is 2.10. The van der Waals surface area contributed by atoms with Gasteiger partial charge in [-0.25, -0.2) is 0 Å². The number of ether oxygens (including phenoxy) is 1. The van der Waals surface area contributed by atoms with Crippen molar-refractivity contribution >= 4 is 17.7 Å². The van der Waals surface area contributed by atoms with Gasteiger partial charge in [0.25, 0.3) is 0 Å². The topological polar surface area (TPSA) is 51.2 Å². The number of pyridine rings is 1. The first kappa shape index (κ1) is 20.3. The van der Waals surface area contributed by atoms with Crippen molar-refractivity contribution in [2.75, 3.05) is 5.75 Å². The summed E-state index contributed by atoms with van der Waals surface area (Å²) in [7, 11) is 0. The quantitative estimate of drug-likeness (QED) is 0.611. The molecule has 2 rings (SSSR count). The van der Waals surface area contributed by atoms with Crippen molar-refractivity contribution in [3.05, 3.63) is 59.9 Å². The van der Waals surface area contributed by atoms with E-state index in [0.29, 0.717) is 6.61 Å². The van der Waals surface area contributed by atoms with E-state index in [1.54, 1.807) is 24.2 Å². The fourth-order valence-electron chi connectivity index (χ4n) is 2.40. The lowest BCUT2D eigenvalue weighted by molar-refractivity contribution is -0.120. The van der Waals surface area contributed by atoms with Crippen LogP contribution in [0.3, 0.4) is 0 Å². The summed E-state index contributed by atoms with van der Waals surface area (Å²) in [5, 5.41) is 3.07. The lowest BCUT2D eigenvalue weighted by Crippen LogP contribution is -2.33. The van der Waals surface area contributed by atoms with Crippen LogP contribution in [-0.2, 0) is 11.4 Å². The first-order chi connectivity index (χ1) is 12.6. The molecule has 0 spiro atoms. The second kappa shape index (κ2) is 10.9. The highest BCUT2D eigenvalue weighted by atomic mass is 32.2. The molecule has 0 aliphatic heterocycles. The van der Waals surface area contributed by atoms with Gasteiger partial charge in [0.1, 0.15) is 12.4 Å². The molecule has 4 nitrogen and oxygen atoms in total. The summed E-state index contributed by atoms with van der Waals surface area (Å²) >= 11 is 1.72. The Balaban J connectivity index is 1.82. The lowest BCUT2D eigenvalue weighted by Gasteiger charge is -2.18. The van der Waals surface area contributed by atoms with Gasteiger partial charge >= 0.3 is 0 Å². The van der Waals surface area contributed by atoms with E-state index in [1.165, 1.54) is 0 Å². The molecule has 1 aromatic carbocycles. The molecule has 26 heavy (non-hydrogen) atoms. The van der Waals surface area contributed by atoms with Gasteiger partial charge in [0, 0.05) is 18.0 Å². The van der Waals surface area contributed by atoms with E-state index in [-0.39, 0.29) is 17.2 Å². The van der Waals surface area contributed by atoms with Gasteiger partial charge in [-0.3, -0.25) is 9.78 Å². The van der Waals surface area contributed by atoms with Crippen molar-refractivity contribution < 1.29 is 9.53 Å². The molecule has 1 heterocycles. The molecule has 0 saturated carbocycles. The Hall–Kier alpha value is -2.01. The molecule has 1 aromatic heterocycles. The van der Waals surface area contributed by atoms with Gasteiger partial charge in [-0.05, 0) is 49.8 Å². The van der Waals surface area contributed by atoms with Crippen molar-refractivity contribution in [1.82, 2.24) is 10.3 Å². The van der Waals surface area contributed by atoms with Crippen molar-refractivity contribution in [2.24, 2.45) is 0 Å². The summed E-state index contributed by atoms with van der Waals surface area (Å²) in [6, 6.07) is 11.7. The molecule has 0 radical (unpaired) electrons. The summed E-state index contributed by atoms with van der Waals surface area (Å²) < 4.78 is 5.77. The zero-order valence-electron chi connectivity index (χ0n) is 15.8. The van der Waals surface area contributed by atoms with Crippen LogP contribution in [-0.4, -0.2) is 21.9 Å². The third-order valence-electron chi connectivity index (χ3n) is 4.10. The van der Waals surface area contributed by atoms with Gasteiger partial charge in [0.05, 0.1) is 11.3 Å². The van der Waals surface area contributed by atoms with Crippen LogP contribution in [0.4, 0.5) is 0 Å². The number of carbonyl (C=O) groups is 1. The number of aromatic nitrogens is 1. The molecule has 0 aliphatic rings.